The van der Waals surface area contributed by atoms with Crippen LogP contribution in [0.2, 0.25) is 0 Å². The maximum atomic E-state index is 12.7. The van der Waals surface area contributed by atoms with Gasteiger partial charge in [0.2, 0.25) is 0 Å². The first-order chi connectivity index (χ1) is 8.40. The number of nitrogens with zero attached hydrogens (tertiary/aromatic N) is 1. The fraction of sp³-hybridized carbons (Fsp3) is 0.364. The number of hydrogen-bond acceptors (Lipinski definition) is 3. The Kier molecular flexibility index (Phi) is 4.89. The van der Waals surface area contributed by atoms with Crippen LogP contribution in [0.3, 0.4) is 0 Å². The van der Waals surface area contributed by atoms with Crippen molar-refractivity contribution in [2.45, 2.75) is 24.4 Å². The van der Waals surface area contributed by atoms with Gasteiger partial charge < -0.3 is 10.9 Å². The standard InChI is InChI=1S/C11H13F3N2OS/c1-2-5-18-7-3-4-9(11(12,13)14)8(6-7)10(15)16-17/h3-4,6,17H,2,5H2,1H3,(H2,15,16). The maximum Gasteiger partial charge on any atom is 0.417 e. The minimum atomic E-state index is -4.53. The van der Waals surface area contributed by atoms with Gasteiger partial charge in [0.1, 0.15) is 0 Å². The SMILES string of the molecule is CCCSc1ccc(C(F)(F)F)c(/C(N)=N/O)c1. The normalized spacial score (nSPS) is 12.8. The second-order valence-corrected chi connectivity index (χ2v) is 4.71. The highest BCUT2D eigenvalue weighted by molar-refractivity contribution is 7.99. The van der Waals surface area contributed by atoms with Crippen LogP contribution in [0.15, 0.2) is 28.3 Å². The molecule has 0 radical (unpaired) electrons. The number of thioether (sulfide) groups is 1. The van der Waals surface area contributed by atoms with Crippen LogP contribution >= 0.6 is 11.8 Å². The third-order valence-corrected chi connectivity index (χ3v) is 3.35. The number of hydrogen-bond donors (Lipinski definition) is 2. The largest absolute Gasteiger partial charge is 0.417 e. The van der Waals surface area contributed by atoms with E-state index in [1.165, 1.54) is 23.9 Å². The van der Waals surface area contributed by atoms with Crippen LogP contribution in [0, 0.1) is 0 Å². The van der Waals surface area contributed by atoms with Crippen molar-refractivity contribution < 1.29 is 18.4 Å². The molecule has 3 nitrogen and oxygen atoms in total. The maximum absolute atomic E-state index is 12.7. The van der Waals surface area contributed by atoms with E-state index >= 15 is 0 Å². The van der Waals surface area contributed by atoms with Crippen molar-refractivity contribution in [3.8, 4) is 0 Å². The summed E-state index contributed by atoms with van der Waals surface area (Å²) in [6.45, 7) is 1.97. The van der Waals surface area contributed by atoms with Crippen molar-refractivity contribution in [1.29, 1.82) is 0 Å². The van der Waals surface area contributed by atoms with E-state index in [0.717, 1.165) is 18.2 Å². The molecule has 100 valence electrons. The Morgan fingerprint density at radius 2 is 2.11 bits per heavy atom. The molecular formula is C11H13F3N2OS. The molecule has 0 aliphatic heterocycles. The summed E-state index contributed by atoms with van der Waals surface area (Å²) >= 11 is 1.42. The van der Waals surface area contributed by atoms with Gasteiger partial charge in [0, 0.05) is 10.5 Å². The first-order valence-corrected chi connectivity index (χ1v) is 6.20. The fourth-order valence-electron chi connectivity index (χ4n) is 1.35. The van der Waals surface area contributed by atoms with Crippen LogP contribution in [0.4, 0.5) is 13.2 Å². The zero-order chi connectivity index (χ0) is 13.8. The summed E-state index contributed by atoms with van der Waals surface area (Å²) in [4.78, 5) is 0.659. The van der Waals surface area contributed by atoms with Gasteiger partial charge in [0.05, 0.1) is 5.56 Å². The Morgan fingerprint density at radius 1 is 1.44 bits per heavy atom. The summed E-state index contributed by atoms with van der Waals surface area (Å²) in [5.74, 6) is 0.252. The van der Waals surface area contributed by atoms with E-state index in [9.17, 15) is 13.2 Å². The zero-order valence-electron chi connectivity index (χ0n) is 9.66. The van der Waals surface area contributed by atoms with E-state index in [-0.39, 0.29) is 5.56 Å². The van der Waals surface area contributed by atoms with Gasteiger partial charge in [-0.15, -0.1) is 11.8 Å². The van der Waals surface area contributed by atoms with Crippen LogP contribution in [0.1, 0.15) is 24.5 Å². The summed E-state index contributed by atoms with van der Waals surface area (Å²) in [5.41, 5.74) is 4.08. The van der Waals surface area contributed by atoms with Crippen molar-refractivity contribution in [2.75, 3.05) is 5.75 Å². The second kappa shape index (κ2) is 5.99. The van der Waals surface area contributed by atoms with Crippen LogP contribution < -0.4 is 5.73 Å². The van der Waals surface area contributed by atoms with Gasteiger partial charge in [-0.05, 0) is 30.4 Å². The lowest BCUT2D eigenvalue weighted by atomic mass is 10.1. The summed E-state index contributed by atoms with van der Waals surface area (Å²) in [6, 6.07) is 3.63. The van der Waals surface area contributed by atoms with Gasteiger partial charge in [-0.2, -0.15) is 13.2 Å². The topological polar surface area (TPSA) is 58.6 Å². The summed E-state index contributed by atoms with van der Waals surface area (Å²) in [5, 5.41) is 11.2. The van der Waals surface area contributed by atoms with Gasteiger partial charge in [0.25, 0.3) is 0 Å². The minimum absolute atomic E-state index is 0.300. The van der Waals surface area contributed by atoms with Crippen LogP contribution in [0.25, 0.3) is 0 Å². The molecule has 18 heavy (non-hydrogen) atoms. The van der Waals surface area contributed by atoms with Crippen molar-refractivity contribution in [2.24, 2.45) is 10.9 Å². The number of oxime groups is 1. The average molecular weight is 278 g/mol. The number of rotatable bonds is 4. The van der Waals surface area contributed by atoms with Gasteiger partial charge in [-0.25, -0.2) is 0 Å². The molecule has 0 fully saturated rings. The third kappa shape index (κ3) is 3.56. The molecule has 1 aromatic carbocycles. The van der Waals surface area contributed by atoms with E-state index in [1.807, 2.05) is 6.92 Å². The first-order valence-electron chi connectivity index (χ1n) is 5.22. The molecule has 0 aromatic heterocycles. The molecule has 0 unspecified atom stereocenters. The average Bonchev–Trinajstić information content (AvgIpc) is 2.33. The first kappa shape index (κ1) is 14.7. The Balaban J connectivity index is 3.21. The molecule has 7 heteroatoms. The molecule has 0 aliphatic rings. The van der Waals surface area contributed by atoms with Gasteiger partial charge >= 0.3 is 6.18 Å². The highest BCUT2D eigenvalue weighted by Gasteiger charge is 2.34. The predicted molar refractivity (Wildman–Crippen MR) is 65.0 cm³/mol. The number of alkyl halides is 3. The van der Waals surface area contributed by atoms with Gasteiger partial charge in [0.15, 0.2) is 5.84 Å². The van der Waals surface area contributed by atoms with E-state index in [2.05, 4.69) is 5.16 Å². The molecular weight excluding hydrogens is 265 g/mol. The number of amidine groups is 1. The van der Waals surface area contributed by atoms with E-state index < -0.39 is 17.6 Å². The molecule has 1 aromatic rings. The predicted octanol–water partition coefficient (Wildman–Crippen LogP) is 3.30. The van der Waals surface area contributed by atoms with Crippen molar-refractivity contribution in [3.63, 3.8) is 0 Å². The summed E-state index contributed by atoms with van der Waals surface area (Å²) in [6.07, 6.45) is -3.62. The zero-order valence-corrected chi connectivity index (χ0v) is 10.5. The Morgan fingerprint density at radius 3 is 2.61 bits per heavy atom. The highest BCUT2D eigenvalue weighted by atomic mass is 32.2. The molecule has 0 bridgehead atoms. The molecule has 0 amide bonds. The number of halogens is 3. The second-order valence-electron chi connectivity index (χ2n) is 3.54. The molecule has 0 spiro atoms. The fourth-order valence-corrected chi connectivity index (χ4v) is 2.15. The van der Waals surface area contributed by atoms with E-state index in [4.69, 9.17) is 10.9 Å². The van der Waals surface area contributed by atoms with Crippen molar-refractivity contribution in [1.82, 2.24) is 0 Å². The smallest absolute Gasteiger partial charge is 0.409 e. The highest BCUT2D eigenvalue weighted by Crippen LogP contribution is 2.34. The Bertz CT molecular complexity index is 446. The van der Waals surface area contributed by atoms with Gasteiger partial charge in [-0.1, -0.05) is 12.1 Å². The van der Waals surface area contributed by atoms with Crippen LogP contribution in [0.5, 0.6) is 0 Å². The monoisotopic (exact) mass is 278 g/mol. The molecule has 1 rings (SSSR count). The van der Waals surface area contributed by atoms with Crippen molar-refractivity contribution >= 4 is 17.6 Å². The number of benzene rings is 1. The Labute approximate surface area is 107 Å². The summed E-state index contributed by atoms with van der Waals surface area (Å²) in [7, 11) is 0. The Hall–Kier alpha value is -1.37. The molecule has 0 atom stereocenters. The molecule has 3 N–H and O–H groups in total. The molecule has 0 aliphatic carbocycles. The number of nitrogens with two attached hydrogens (primary N) is 1. The lowest BCUT2D eigenvalue weighted by Gasteiger charge is -2.13. The summed E-state index contributed by atoms with van der Waals surface area (Å²) < 4.78 is 38.2. The molecule has 0 saturated heterocycles. The van der Waals surface area contributed by atoms with Crippen LogP contribution in [-0.2, 0) is 6.18 Å². The van der Waals surface area contributed by atoms with E-state index in [1.54, 1.807) is 0 Å². The molecule has 0 heterocycles. The quantitative estimate of drug-likeness (QED) is 0.292. The third-order valence-electron chi connectivity index (χ3n) is 2.15. The van der Waals surface area contributed by atoms with Gasteiger partial charge in [-0.3, -0.25) is 0 Å². The minimum Gasteiger partial charge on any atom is -0.409 e. The lowest BCUT2D eigenvalue weighted by molar-refractivity contribution is -0.137. The van der Waals surface area contributed by atoms with Crippen LogP contribution in [-0.4, -0.2) is 16.8 Å². The lowest BCUT2D eigenvalue weighted by Crippen LogP contribution is -2.20. The molecule has 0 saturated carbocycles. The van der Waals surface area contributed by atoms with Crippen molar-refractivity contribution in [3.05, 3.63) is 29.3 Å². The van der Waals surface area contributed by atoms with E-state index in [0.29, 0.717) is 4.90 Å².